The average molecular weight is 369 g/mol. The highest BCUT2D eigenvalue weighted by molar-refractivity contribution is 7.89. The fourth-order valence-electron chi connectivity index (χ4n) is 3.26. The van der Waals surface area contributed by atoms with Gasteiger partial charge >= 0.3 is 0 Å². The molecule has 0 aliphatic carbocycles. The van der Waals surface area contributed by atoms with Crippen LogP contribution in [0, 0.1) is 10.1 Å². The van der Waals surface area contributed by atoms with Crippen LogP contribution in [-0.4, -0.2) is 50.0 Å². The smallest absolute Gasteiger partial charge is 0.293 e. The van der Waals surface area contributed by atoms with Crippen molar-refractivity contribution in [1.82, 2.24) is 4.31 Å². The molecule has 0 spiro atoms. The molecule has 1 N–H and O–H groups in total. The molecule has 2 fully saturated rings. The molecule has 2 aliphatic heterocycles. The molecule has 2 heterocycles. The van der Waals surface area contributed by atoms with Gasteiger partial charge in [-0.05, 0) is 37.8 Å². The molecule has 1 aromatic carbocycles. The molecular weight excluding hydrogens is 346 g/mol. The normalized spacial score (nSPS) is 22.0. The first-order chi connectivity index (χ1) is 12.0. The zero-order chi connectivity index (χ0) is 17.9. The maximum Gasteiger partial charge on any atom is 0.293 e. The number of piperidine rings is 1. The lowest BCUT2D eigenvalue weighted by Crippen LogP contribution is -2.35. The predicted octanol–water partition coefficient (Wildman–Crippen LogP) is 2.36. The van der Waals surface area contributed by atoms with E-state index < -0.39 is 14.9 Å². The molecule has 9 heteroatoms. The molecule has 0 aromatic heterocycles. The van der Waals surface area contributed by atoms with Gasteiger partial charge in [-0.2, -0.15) is 4.31 Å². The SMILES string of the molecule is O=[N+]([O-])c1cc(S(=O)(=O)N2CCCCC2)ccc1NC[C@H]1CCCO1. The van der Waals surface area contributed by atoms with Crippen molar-refractivity contribution < 1.29 is 18.1 Å². The van der Waals surface area contributed by atoms with E-state index in [2.05, 4.69) is 5.32 Å². The highest BCUT2D eigenvalue weighted by Gasteiger charge is 2.28. The third kappa shape index (κ3) is 4.10. The van der Waals surface area contributed by atoms with Crippen LogP contribution in [0.2, 0.25) is 0 Å². The number of ether oxygens (including phenoxy) is 1. The van der Waals surface area contributed by atoms with Crippen LogP contribution >= 0.6 is 0 Å². The minimum absolute atomic E-state index is 0.0243. The van der Waals surface area contributed by atoms with Gasteiger partial charge in [-0.15, -0.1) is 0 Å². The Hall–Kier alpha value is -1.71. The van der Waals surface area contributed by atoms with Gasteiger partial charge in [0.25, 0.3) is 5.69 Å². The second-order valence-corrected chi connectivity index (χ2v) is 8.35. The van der Waals surface area contributed by atoms with E-state index in [0.29, 0.717) is 31.9 Å². The molecule has 0 amide bonds. The monoisotopic (exact) mass is 369 g/mol. The molecule has 1 aromatic rings. The van der Waals surface area contributed by atoms with Gasteiger partial charge in [-0.1, -0.05) is 6.42 Å². The molecule has 1 atom stereocenters. The molecule has 3 rings (SSSR count). The summed E-state index contributed by atoms with van der Waals surface area (Å²) in [5, 5.41) is 14.4. The Morgan fingerprint density at radius 1 is 1.24 bits per heavy atom. The van der Waals surface area contributed by atoms with Gasteiger partial charge in [0.15, 0.2) is 0 Å². The zero-order valence-electron chi connectivity index (χ0n) is 14.0. The molecule has 0 saturated carbocycles. The minimum Gasteiger partial charge on any atom is -0.377 e. The topological polar surface area (TPSA) is 102 Å². The Labute approximate surface area is 147 Å². The summed E-state index contributed by atoms with van der Waals surface area (Å²) in [6, 6.07) is 4.07. The fraction of sp³-hybridized carbons (Fsp3) is 0.625. The van der Waals surface area contributed by atoms with E-state index in [0.717, 1.165) is 38.2 Å². The van der Waals surface area contributed by atoms with Crippen molar-refractivity contribution in [2.24, 2.45) is 0 Å². The third-order valence-corrected chi connectivity index (χ3v) is 6.56. The number of benzene rings is 1. The molecular formula is C16H23N3O5S. The van der Waals surface area contributed by atoms with E-state index in [1.807, 2.05) is 0 Å². The van der Waals surface area contributed by atoms with Crippen molar-refractivity contribution in [2.45, 2.75) is 43.1 Å². The second-order valence-electron chi connectivity index (χ2n) is 6.42. The first-order valence-corrected chi connectivity index (χ1v) is 10.1. The molecule has 0 unspecified atom stereocenters. The number of nitrogens with zero attached hydrogens (tertiary/aromatic N) is 2. The quantitative estimate of drug-likeness (QED) is 0.610. The predicted molar refractivity (Wildman–Crippen MR) is 93.2 cm³/mol. The van der Waals surface area contributed by atoms with Gasteiger partial charge < -0.3 is 10.1 Å². The summed E-state index contributed by atoms with van der Waals surface area (Å²) in [6.45, 7) is 2.12. The van der Waals surface area contributed by atoms with E-state index in [9.17, 15) is 18.5 Å². The average Bonchev–Trinajstić information content (AvgIpc) is 3.14. The first-order valence-electron chi connectivity index (χ1n) is 8.62. The lowest BCUT2D eigenvalue weighted by atomic mass is 10.2. The number of nitro benzene ring substituents is 1. The molecule has 138 valence electrons. The Bertz CT molecular complexity index is 725. The van der Waals surface area contributed by atoms with E-state index in [1.54, 1.807) is 0 Å². The number of hydrogen-bond donors (Lipinski definition) is 1. The number of nitro groups is 1. The van der Waals surface area contributed by atoms with Crippen LogP contribution in [0.4, 0.5) is 11.4 Å². The summed E-state index contributed by atoms with van der Waals surface area (Å²) < 4.78 is 32.3. The Morgan fingerprint density at radius 3 is 2.64 bits per heavy atom. The maximum absolute atomic E-state index is 12.7. The van der Waals surface area contributed by atoms with Crippen LogP contribution in [0.5, 0.6) is 0 Å². The summed E-state index contributed by atoms with van der Waals surface area (Å²) in [4.78, 5) is 10.8. The van der Waals surface area contributed by atoms with Gasteiger partial charge in [0, 0.05) is 32.3 Å². The number of anilines is 1. The summed E-state index contributed by atoms with van der Waals surface area (Å²) in [5.74, 6) is 0. The summed E-state index contributed by atoms with van der Waals surface area (Å²) in [7, 11) is -3.69. The lowest BCUT2D eigenvalue weighted by Gasteiger charge is -2.25. The van der Waals surface area contributed by atoms with Crippen molar-refractivity contribution >= 4 is 21.4 Å². The van der Waals surface area contributed by atoms with Gasteiger partial charge in [0.2, 0.25) is 10.0 Å². The zero-order valence-corrected chi connectivity index (χ0v) is 14.8. The van der Waals surface area contributed by atoms with Crippen molar-refractivity contribution in [3.63, 3.8) is 0 Å². The van der Waals surface area contributed by atoms with Crippen molar-refractivity contribution in [3.05, 3.63) is 28.3 Å². The summed E-state index contributed by atoms with van der Waals surface area (Å²) in [5.41, 5.74) is 0.0918. The van der Waals surface area contributed by atoms with Crippen LogP contribution in [-0.2, 0) is 14.8 Å². The standard InChI is InChI=1S/C16H23N3O5S/c20-19(21)16-11-14(25(22,23)18-8-2-1-3-9-18)6-7-15(16)17-12-13-5-4-10-24-13/h6-7,11,13,17H,1-5,8-10,12H2/t13-/m1/s1. The van der Waals surface area contributed by atoms with Crippen molar-refractivity contribution in [1.29, 1.82) is 0 Å². The van der Waals surface area contributed by atoms with Crippen LogP contribution in [0.25, 0.3) is 0 Å². The second kappa shape index (κ2) is 7.67. The third-order valence-electron chi connectivity index (χ3n) is 4.66. The Kier molecular flexibility index (Phi) is 5.55. The van der Waals surface area contributed by atoms with Gasteiger partial charge in [0.1, 0.15) is 5.69 Å². The molecule has 2 aliphatic rings. The number of nitrogens with one attached hydrogen (secondary N) is 1. The lowest BCUT2D eigenvalue weighted by molar-refractivity contribution is -0.384. The summed E-state index contributed by atoms with van der Waals surface area (Å²) in [6.07, 6.45) is 4.60. The molecule has 25 heavy (non-hydrogen) atoms. The Morgan fingerprint density at radius 2 is 2.00 bits per heavy atom. The minimum atomic E-state index is -3.69. The first kappa shape index (κ1) is 18.1. The van der Waals surface area contributed by atoms with Gasteiger partial charge in [0.05, 0.1) is 15.9 Å². The fourth-order valence-corrected chi connectivity index (χ4v) is 4.79. The molecule has 2 saturated heterocycles. The van der Waals surface area contributed by atoms with Gasteiger partial charge in [-0.3, -0.25) is 10.1 Å². The molecule has 8 nitrogen and oxygen atoms in total. The van der Waals surface area contributed by atoms with Crippen molar-refractivity contribution in [2.75, 3.05) is 31.6 Å². The number of rotatable bonds is 6. The van der Waals surface area contributed by atoms with Crippen molar-refractivity contribution in [3.8, 4) is 0 Å². The summed E-state index contributed by atoms with van der Waals surface area (Å²) >= 11 is 0. The largest absolute Gasteiger partial charge is 0.377 e. The van der Waals surface area contributed by atoms with E-state index in [4.69, 9.17) is 4.74 Å². The number of hydrogen-bond acceptors (Lipinski definition) is 6. The van der Waals surface area contributed by atoms with Gasteiger partial charge in [-0.25, -0.2) is 8.42 Å². The van der Waals surface area contributed by atoms with E-state index >= 15 is 0 Å². The van der Waals surface area contributed by atoms with Crippen LogP contribution in [0.15, 0.2) is 23.1 Å². The highest BCUT2D eigenvalue weighted by atomic mass is 32.2. The van der Waals surface area contributed by atoms with Crippen LogP contribution in [0.1, 0.15) is 32.1 Å². The highest BCUT2D eigenvalue weighted by Crippen LogP contribution is 2.30. The number of sulfonamides is 1. The van der Waals surface area contributed by atoms with E-state index in [1.165, 1.54) is 16.4 Å². The van der Waals surface area contributed by atoms with Crippen LogP contribution in [0.3, 0.4) is 0 Å². The molecule has 0 bridgehead atoms. The van der Waals surface area contributed by atoms with Crippen LogP contribution < -0.4 is 5.32 Å². The maximum atomic E-state index is 12.7. The Balaban J connectivity index is 1.81. The van der Waals surface area contributed by atoms with E-state index in [-0.39, 0.29) is 16.7 Å². The molecule has 0 radical (unpaired) electrons.